The molecule has 4 fully saturated rings. The van der Waals surface area contributed by atoms with Crippen LogP contribution in [0.1, 0.15) is 122 Å². The summed E-state index contributed by atoms with van der Waals surface area (Å²) in [5.41, 5.74) is 4.28. The Morgan fingerprint density at radius 1 is 1.13 bits per heavy atom. The highest BCUT2D eigenvalue weighted by Gasteiger charge is 2.70. The monoisotopic (exact) mass is 939 g/mol. The third-order valence-electron chi connectivity index (χ3n) is 15.4. The molecule has 0 spiro atoms. The summed E-state index contributed by atoms with van der Waals surface area (Å²) in [6.07, 6.45) is 8.90. The lowest BCUT2D eigenvalue weighted by Crippen LogP contribution is -2.65. The van der Waals surface area contributed by atoms with Gasteiger partial charge in [0, 0.05) is 41.1 Å². The van der Waals surface area contributed by atoms with E-state index in [1.54, 1.807) is 6.20 Å². The molecule has 0 aliphatic heterocycles. The molecule has 0 bridgehead atoms. The third-order valence-corrected chi connectivity index (χ3v) is 17.9. The zero-order valence-electron chi connectivity index (χ0n) is 37.7. The molecule has 10 atom stereocenters. The molecular formula is C48H67BrFN5O6S. The highest BCUT2D eigenvalue weighted by atomic mass is 79.9. The lowest BCUT2D eigenvalue weighted by molar-refractivity contribution is -0.234. The third kappa shape index (κ3) is 9.37. The van der Waals surface area contributed by atoms with Crippen LogP contribution in [0.4, 0.5) is 10.3 Å². The summed E-state index contributed by atoms with van der Waals surface area (Å²) < 4.78 is 20.0. The maximum Gasteiger partial charge on any atom is 0.331 e. The molecule has 4 saturated carbocycles. The molecule has 3 heterocycles. The average Bonchev–Trinajstić information content (AvgIpc) is 3.83. The summed E-state index contributed by atoms with van der Waals surface area (Å²) in [7, 11) is 0. The Labute approximate surface area is 378 Å². The molecule has 4 aliphatic carbocycles. The number of aliphatic hydroxyl groups excluding tert-OH is 2. The first-order valence-corrected chi connectivity index (χ1v) is 23.8. The number of carbonyl (C=O) groups is 2. The van der Waals surface area contributed by atoms with Crippen molar-refractivity contribution in [1.82, 2.24) is 20.3 Å². The van der Waals surface area contributed by atoms with Crippen LogP contribution in [0.2, 0.25) is 0 Å². The minimum atomic E-state index is -0.953. The van der Waals surface area contributed by atoms with Crippen LogP contribution in [0.3, 0.4) is 0 Å². The second kappa shape index (κ2) is 19.4. The minimum absolute atomic E-state index is 0.0474. The van der Waals surface area contributed by atoms with Crippen LogP contribution in [0, 0.1) is 46.8 Å². The zero-order chi connectivity index (χ0) is 45.3. The van der Waals surface area contributed by atoms with Crippen LogP contribution in [0.5, 0.6) is 0 Å². The Morgan fingerprint density at radius 3 is 2.52 bits per heavy atom. The zero-order valence-corrected chi connectivity index (χ0v) is 40.1. The van der Waals surface area contributed by atoms with Crippen LogP contribution in [0.15, 0.2) is 52.2 Å². The van der Waals surface area contributed by atoms with Crippen molar-refractivity contribution >= 4 is 62.1 Å². The Hall–Kier alpha value is -3.43. The number of aliphatic hydroxyl groups is 2. The number of aliphatic carboxylic acids is 1. The number of carboxylic acids is 1. The van der Waals surface area contributed by atoms with Gasteiger partial charge in [0.05, 0.1) is 22.6 Å². The van der Waals surface area contributed by atoms with E-state index in [-0.39, 0.29) is 40.1 Å². The number of fused-ring (bicyclic) bond motifs is 6. The van der Waals surface area contributed by atoms with Gasteiger partial charge in [0.25, 0.3) is 0 Å². The van der Waals surface area contributed by atoms with E-state index >= 15 is 0 Å². The number of hydrogen-bond acceptors (Lipinski definition) is 10. The summed E-state index contributed by atoms with van der Waals surface area (Å²) in [5, 5.41) is 39.5. The summed E-state index contributed by atoms with van der Waals surface area (Å²) in [4.78, 5) is 38.3. The predicted molar refractivity (Wildman–Crippen MR) is 248 cm³/mol. The van der Waals surface area contributed by atoms with Crippen LogP contribution < -0.4 is 10.6 Å². The van der Waals surface area contributed by atoms with Gasteiger partial charge in [-0.25, -0.2) is 14.2 Å². The number of rotatable bonds is 13. The first-order chi connectivity index (χ1) is 29.2. The summed E-state index contributed by atoms with van der Waals surface area (Å²) >= 11 is 4.87. The van der Waals surface area contributed by atoms with Gasteiger partial charge in [-0.15, -0.1) is 11.3 Å². The smallest absolute Gasteiger partial charge is 0.331 e. The number of aromatic amines is 1. The van der Waals surface area contributed by atoms with Crippen LogP contribution >= 0.6 is 27.3 Å². The van der Waals surface area contributed by atoms with Crippen LogP contribution in [-0.2, 0) is 20.9 Å². The van der Waals surface area contributed by atoms with Gasteiger partial charge >= 0.3 is 11.9 Å². The van der Waals surface area contributed by atoms with Crippen molar-refractivity contribution in [3.63, 3.8) is 0 Å². The topological polar surface area (TPSA) is 170 Å². The van der Waals surface area contributed by atoms with E-state index in [9.17, 15) is 29.3 Å². The fourth-order valence-electron chi connectivity index (χ4n) is 12.2. The van der Waals surface area contributed by atoms with Crippen molar-refractivity contribution in [3.05, 3.63) is 67.5 Å². The second-order valence-electron chi connectivity index (χ2n) is 19.3. The van der Waals surface area contributed by atoms with E-state index < -0.39 is 30.0 Å². The SMILES string of the molecule is C=C(F)c1sc(CNCCCNc2nc3ncccc3[nH]2)c(C)c1Br.CC(=O)O[C@H]1C[C@@]2(C)[C@@H](CC(O)C3[C@]2(C)CC[C@H]2[C@H](C)[C@H](O)CC[C@]32C)/C1=C(/CCC=C(C)C)C(=O)O. The van der Waals surface area contributed by atoms with Gasteiger partial charge in [-0.05, 0) is 164 Å². The molecule has 14 heteroatoms. The standard InChI is InChI=1S/C31H48O6.C17H19BrFN5S/c1-17(2)9-8-10-20(28(35)36)26-22-15-24(34)27-29(5)13-12-23(33)18(3)21(29)11-14-30(27,6)31(22,7)16-25(26)37-19(4)32;1-10-13(25-15(11(2)19)14(10)18)9-20-6-4-8-22-17-23-12-5-3-7-21-16(12)24-17/h9,18,21-25,27,33-34H,8,10-16H2,1-7H3,(H,35,36);3,5,7,20H,2,4,6,8-9H2,1H3,(H2,21,22,23,24)/b26-20+;/t18-,21-,22-,23+,24?,25-,27?,29-,30-,31-;/m0./s1. The normalized spacial score (nSPS) is 32.1. The lowest BCUT2D eigenvalue weighted by atomic mass is 9.36. The highest BCUT2D eigenvalue weighted by Crippen LogP contribution is 2.74. The molecule has 340 valence electrons. The number of pyridine rings is 1. The second-order valence-corrected chi connectivity index (χ2v) is 21.2. The van der Waals surface area contributed by atoms with Crippen LogP contribution in [-0.4, -0.2) is 73.6 Å². The molecule has 7 rings (SSSR count). The Bertz CT molecular complexity index is 2170. The van der Waals surface area contributed by atoms with Crippen molar-refractivity contribution in [2.75, 3.05) is 18.4 Å². The number of H-pyrrole nitrogens is 1. The molecule has 3 aromatic heterocycles. The molecule has 6 N–H and O–H groups in total. The van der Waals surface area contributed by atoms with Crippen molar-refractivity contribution in [3.8, 4) is 0 Å². The number of nitrogens with zero attached hydrogens (tertiary/aromatic N) is 2. The van der Waals surface area contributed by atoms with Crippen molar-refractivity contribution in [1.29, 1.82) is 0 Å². The van der Waals surface area contributed by atoms with E-state index in [1.807, 2.05) is 39.0 Å². The van der Waals surface area contributed by atoms with Gasteiger partial charge in [-0.3, -0.25) is 4.79 Å². The van der Waals surface area contributed by atoms with Gasteiger partial charge in [0.2, 0.25) is 5.95 Å². The largest absolute Gasteiger partial charge is 0.478 e. The Balaban J connectivity index is 0.000000223. The molecule has 11 nitrogen and oxygen atoms in total. The number of nitrogens with one attached hydrogen (secondary N) is 3. The first-order valence-electron chi connectivity index (χ1n) is 22.2. The summed E-state index contributed by atoms with van der Waals surface area (Å²) in [5.74, 6) is -0.568. The van der Waals surface area contributed by atoms with Crippen LogP contribution in [0.25, 0.3) is 17.0 Å². The average molecular weight is 941 g/mol. The van der Waals surface area contributed by atoms with E-state index in [0.29, 0.717) is 47.7 Å². The quantitative estimate of drug-likeness (QED) is 0.0420. The van der Waals surface area contributed by atoms with Gasteiger partial charge in [-0.2, -0.15) is 4.98 Å². The molecule has 0 radical (unpaired) electrons. The number of anilines is 1. The fourth-order valence-corrected chi connectivity index (χ4v) is 14.1. The van der Waals surface area contributed by atoms with E-state index in [0.717, 1.165) is 89.3 Å². The number of hydrogen-bond donors (Lipinski definition) is 6. The van der Waals surface area contributed by atoms with Gasteiger partial charge in [0.15, 0.2) is 5.65 Å². The van der Waals surface area contributed by atoms with Crippen molar-refractivity contribution < 1.29 is 34.0 Å². The van der Waals surface area contributed by atoms with Gasteiger partial charge < -0.3 is 35.7 Å². The van der Waals surface area contributed by atoms with Gasteiger partial charge in [0.1, 0.15) is 11.9 Å². The van der Waals surface area contributed by atoms with Gasteiger partial charge in [-0.1, -0.05) is 45.9 Å². The predicted octanol–water partition coefficient (Wildman–Crippen LogP) is 10.3. The molecule has 2 unspecified atom stereocenters. The molecule has 0 aromatic carbocycles. The molecule has 3 aromatic rings. The number of imidazole rings is 1. The Kier molecular flexibility index (Phi) is 15.0. The number of thiophene rings is 1. The van der Waals surface area contributed by atoms with E-state index in [1.165, 1.54) is 18.3 Å². The summed E-state index contributed by atoms with van der Waals surface area (Å²) in [6.45, 7) is 22.2. The fraction of sp³-hybridized carbons (Fsp3) is 0.625. The lowest BCUT2D eigenvalue weighted by Gasteiger charge is -2.69. The summed E-state index contributed by atoms with van der Waals surface area (Å²) in [6, 6.07) is 3.83. The molecule has 62 heavy (non-hydrogen) atoms. The molecule has 4 aliphatic rings. The van der Waals surface area contributed by atoms with Crippen molar-refractivity contribution in [2.24, 2.45) is 39.9 Å². The number of allylic oxidation sites excluding steroid dienone is 2. The number of carbonyl (C=O) groups excluding carboxylic acids is 1. The molecular weight excluding hydrogens is 874 g/mol. The minimum Gasteiger partial charge on any atom is -0.478 e. The van der Waals surface area contributed by atoms with E-state index in [4.69, 9.17) is 4.74 Å². The number of ether oxygens (including phenoxy) is 1. The highest BCUT2D eigenvalue weighted by molar-refractivity contribution is 9.10. The van der Waals surface area contributed by atoms with E-state index in [2.05, 4.69) is 75.8 Å². The van der Waals surface area contributed by atoms with Crippen molar-refractivity contribution in [2.45, 2.75) is 138 Å². The first kappa shape index (κ1) is 48.0. The molecule has 0 saturated heterocycles. The maximum absolute atomic E-state index is 13.4. The number of carboxylic acid groups (broad SMARTS) is 1. The number of halogens is 2. The Morgan fingerprint density at radius 2 is 1.87 bits per heavy atom. The maximum atomic E-state index is 13.4. The molecule has 0 amide bonds. The number of esters is 1. The number of aromatic nitrogens is 3.